The molecule has 0 spiro atoms. The van der Waals surface area contributed by atoms with E-state index in [0.717, 1.165) is 28.1 Å². The predicted molar refractivity (Wildman–Crippen MR) is 98.0 cm³/mol. The molecule has 0 radical (unpaired) electrons. The van der Waals surface area contributed by atoms with Crippen molar-refractivity contribution in [3.05, 3.63) is 40.9 Å². The van der Waals surface area contributed by atoms with Crippen LogP contribution in [-0.4, -0.2) is 14.5 Å². The molecule has 1 fully saturated rings. The maximum Gasteiger partial charge on any atom is 0.241 e. The lowest BCUT2D eigenvalue weighted by Crippen LogP contribution is -2.38. The minimum absolute atomic E-state index is 0.0253. The molecule has 1 N–H and O–H groups in total. The van der Waals surface area contributed by atoms with Gasteiger partial charge in [0.1, 0.15) is 0 Å². The van der Waals surface area contributed by atoms with E-state index in [1.165, 1.54) is 19.3 Å². The number of benzene rings is 2. The molecular formula is C18H22BrNO2S. The molecule has 1 aliphatic carbocycles. The van der Waals surface area contributed by atoms with Crippen molar-refractivity contribution < 1.29 is 8.42 Å². The van der Waals surface area contributed by atoms with Gasteiger partial charge in [-0.3, -0.25) is 0 Å². The van der Waals surface area contributed by atoms with E-state index in [1.54, 1.807) is 6.07 Å². The normalized spacial score (nSPS) is 18.2. The van der Waals surface area contributed by atoms with Crippen LogP contribution < -0.4 is 4.72 Å². The Kier molecular flexibility index (Phi) is 5.09. The summed E-state index contributed by atoms with van der Waals surface area (Å²) in [4.78, 5) is 0.360. The number of hydrogen-bond donors (Lipinski definition) is 1. The van der Waals surface area contributed by atoms with Crippen LogP contribution in [0, 0.1) is 5.92 Å². The van der Waals surface area contributed by atoms with Crippen LogP contribution in [0.25, 0.3) is 10.8 Å². The van der Waals surface area contributed by atoms with Crippen molar-refractivity contribution in [2.75, 3.05) is 0 Å². The van der Waals surface area contributed by atoms with Gasteiger partial charge in [-0.05, 0) is 43.2 Å². The first-order chi connectivity index (χ1) is 11.0. The Morgan fingerprint density at radius 3 is 2.39 bits per heavy atom. The van der Waals surface area contributed by atoms with Gasteiger partial charge in [0.05, 0.1) is 4.90 Å². The molecule has 0 saturated heterocycles. The second-order valence-corrected chi connectivity index (χ2v) is 8.94. The Morgan fingerprint density at radius 2 is 1.70 bits per heavy atom. The lowest BCUT2D eigenvalue weighted by molar-refractivity contribution is 0.303. The van der Waals surface area contributed by atoms with E-state index in [2.05, 4.69) is 20.7 Å². The van der Waals surface area contributed by atoms with Crippen molar-refractivity contribution in [1.82, 2.24) is 4.72 Å². The zero-order valence-electron chi connectivity index (χ0n) is 13.3. The number of sulfonamides is 1. The van der Waals surface area contributed by atoms with Crippen LogP contribution in [0.2, 0.25) is 0 Å². The molecule has 1 saturated carbocycles. The minimum Gasteiger partial charge on any atom is -0.208 e. The monoisotopic (exact) mass is 395 g/mol. The largest absolute Gasteiger partial charge is 0.241 e. The van der Waals surface area contributed by atoms with E-state index in [9.17, 15) is 8.42 Å². The highest BCUT2D eigenvalue weighted by Crippen LogP contribution is 2.31. The number of halogens is 1. The molecule has 0 heterocycles. The fraction of sp³-hybridized carbons (Fsp3) is 0.444. The summed E-state index contributed by atoms with van der Waals surface area (Å²) in [5.74, 6) is 0.445. The zero-order chi connectivity index (χ0) is 16.4. The highest BCUT2D eigenvalue weighted by Gasteiger charge is 2.26. The Bertz CT molecular complexity index is 798. The van der Waals surface area contributed by atoms with Crippen molar-refractivity contribution in [3.8, 4) is 0 Å². The number of fused-ring (bicyclic) bond motifs is 1. The second kappa shape index (κ2) is 6.91. The third-order valence-electron chi connectivity index (χ3n) is 4.82. The minimum atomic E-state index is -3.52. The molecule has 124 valence electrons. The summed E-state index contributed by atoms with van der Waals surface area (Å²) < 4.78 is 29.6. The van der Waals surface area contributed by atoms with E-state index >= 15 is 0 Å². The highest BCUT2D eigenvalue weighted by molar-refractivity contribution is 9.10. The lowest BCUT2D eigenvalue weighted by atomic mass is 9.85. The molecule has 0 amide bonds. The summed E-state index contributed by atoms with van der Waals surface area (Å²) in [6, 6.07) is 11.1. The van der Waals surface area contributed by atoms with Crippen molar-refractivity contribution in [2.24, 2.45) is 5.92 Å². The Labute approximate surface area is 146 Å². The molecule has 1 aliphatic rings. The van der Waals surface area contributed by atoms with Crippen LogP contribution in [-0.2, 0) is 10.0 Å². The van der Waals surface area contributed by atoms with Crippen molar-refractivity contribution >= 4 is 36.7 Å². The topological polar surface area (TPSA) is 46.2 Å². The van der Waals surface area contributed by atoms with Crippen LogP contribution in [0.1, 0.15) is 39.0 Å². The van der Waals surface area contributed by atoms with E-state index < -0.39 is 10.0 Å². The van der Waals surface area contributed by atoms with Crippen LogP contribution in [0.15, 0.2) is 45.8 Å². The van der Waals surface area contributed by atoms with Gasteiger partial charge in [-0.2, -0.15) is 0 Å². The standard InChI is InChI=1S/C18H22BrNO2S/c1-13(14-7-3-2-4-8-14)20-23(21,22)18-12-11-17(19)15-9-5-6-10-16(15)18/h5-6,9-14,20H,2-4,7-8H2,1H3. The van der Waals surface area contributed by atoms with Crippen LogP contribution in [0.4, 0.5) is 0 Å². The van der Waals surface area contributed by atoms with E-state index in [0.29, 0.717) is 10.8 Å². The van der Waals surface area contributed by atoms with Gasteiger partial charge in [-0.1, -0.05) is 59.5 Å². The summed E-state index contributed by atoms with van der Waals surface area (Å²) in [5.41, 5.74) is 0. The first kappa shape index (κ1) is 16.9. The highest BCUT2D eigenvalue weighted by atomic mass is 79.9. The first-order valence-corrected chi connectivity index (χ1v) is 10.5. The summed E-state index contributed by atoms with van der Waals surface area (Å²) in [7, 11) is -3.52. The molecule has 0 bridgehead atoms. The van der Waals surface area contributed by atoms with Gasteiger partial charge in [-0.25, -0.2) is 13.1 Å². The van der Waals surface area contributed by atoms with Gasteiger partial charge < -0.3 is 0 Å². The molecule has 23 heavy (non-hydrogen) atoms. The second-order valence-electron chi connectivity index (χ2n) is 6.40. The fourth-order valence-corrected chi connectivity index (χ4v) is 5.51. The number of nitrogens with one attached hydrogen (secondary N) is 1. The van der Waals surface area contributed by atoms with Crippen LogP contribution >= 0.6 is 15.9 Å². The first-order valence-electron chi connectivity index (χ1n) is 8.18. The van der Waals surface area contributed by atoms with Gasteiger partial charge in [0.25, 0.3) is 0 Å². The van der Waals surface area contributed by atoms with Gasteiger partial charge in [0.2, 0.25) is 10.0 Å². The third kappa shape index (κ3) is 3.62. The Balaban J connectivity index is 1.92. The summed E-state index contributed by atoms with van der Waals surface area (Å²) in [5, 5.41) is 1.67. The van der Waals surface area contributed by atoms with Crippen LogP contribution in [0.5, 0.6) is 0 Å². The summed E-state index contributed by atoms with van der Waals surface area (Å²) in [6.07, 6.45) is 5.92. The molecule has 5 heteroatoms. The quantitative estimate of drug-likeness (QED) is 0.803. The predicted octanol–water partition coefficient (Wildman–Crippen LogP) is 4.85. The molecule has 2 aromatic carbocycles. The van der Waals surface area contributed by atoms with Gasteiger partial charge in [0.15, 0.2) is 0 Å². The number of hydrogen-bond acceptors (Lipinski definition) is 2. The van der Waals surface area contributed by atoms with E-state index in [1.807, 2.05) is 37.3 Å². The fourth-order valence-electron chi connectivity index (χ4n) is 3.51. The molecule has 1 atom stereocenters. The maximum atomic E-state index is 12.9. The zero-order valence-corrected chi connectivity index (χ0v) is 15.7. The Morgan fingerprint density at radius 1 is 1.04 bits per heavy atom. The van der Waals surface area contributed by atoms with Gasteiger partial charge in [-0.15, -0.1) is 0 Å². The van der Waals surface area contributed by atoms with Crippen molar-refractivity contribution in [2.45, 2.75) is 50.0 Å². The summed E-state index contributed by atoms with van der Waals surface area (Å²) in [6.45, 7) is 1.99. The van der Waals surface area contributed by atoms with Gasteiger partial charge >= 0.3 is 0 Å². The van der Waals surface area contributed by atoms with E-state index in [4.69, 9.17) is 0 Å². The van der Waals surface area contributed by atoms with Gasteiger partial charge in [0, 0.05) is 15.9 Å². The average Bonchev–Trinajstić information content (AvgIpc) is 2.55. The van der Waals surface area contributed by atoms with Crippen LogP contribution in [0.3, 0.4) is 0 Å². The Hall–Kier alpha value is -0.910. The molecule has 0 aliphatic heterocycles. The molecule has 0 aromatic heterocycles. The molecule has 2 aromatic rings. The summed E-state index contributed by atoms with van der Waals surface area (Å²) >= 11 is 3.50. The SMILES string of the molecule is CC(NS(=O)(=O)c1ccc(Br)c2ccccc12)C1CCCCC1. The molecule has 1 unspecified atom stereocenters. The lowest BCUT2D eigenvalue weighted by Gasteiger charge is -2.28. The molecule has 3 rings (SSSR count). The molecular weight excluding hydrogens is 374 g/mol. The maximum absolute atomic E-state index is 12.9. The van der Waals surface area contributed by atoms with E-state index in [-0.39, 0.29) is 6.04 Å². The smallest absolute Gasteiger partial charge is 0.208 e. The average molecular weight is 396 g/mol. The van der Waals surface area contributed by atoms with Crippen molar-refractivity contribution in [1.29, 1.82) is 0 Å². The van der Waals surface area contributed by atoms with Crippen molar-refractivity contribution in [3.63, 3.8) is 0 Å². The number of rotatable bonds is 4. The molecule has 3 nitrogen and oxygen atoms in total. The third-order valence-corrected chi connectivity index (χ3v) is 7.13.